The maximum absolute atomic E-state index is 12.2. The molecule has 0 aromatic rings. The van der Waals surface area contributed by atoms with Crippen LogP contribution in [0, 0.1) is 5.92 Å². The zero-order valence-corrected chi connectivity index (χ0v) is 15.2. The Balaban J connectivity index is 1.77. The predicted molar refractivity (Wildman–Crippen MR) is 91.0 cm³/mol. The van der Waals surface area contributed by atoms with Gasteiger partial charge in [-0.05, 0) is 39.0 Å². The fourth-order valence-corrected chi connectivity index (χ4v) is 4.11. The quantitative estimate of drug-likeness (QED) is 0.584. The maximum Gasteiger partial charge on any atom is 0.223 e. The molecule has 24 heavy (non-hydrogen) atoms. The Bertz CT molecular complexity index is 505. The van der Waals surface area contributed by atoms with Crippen LogP contribution in [0.2, 0.25) is 0 Å². The van der Waals surface area contributed by atoms with Crippen LogP contribution in [-0.4, -0.2) is 56.6 Å². The first-order chi connectivity index (χ1) is 11.4. The molecule has 2 fully saturated rings. The van der Waals surface area contributed by atoms with Crippen LogP contribution in [0.5, 0.6) is 0 Å². The highest BCUT2D eigenvalue weighted by Gasteiger charge is 2.33. The number of hydrogen-bond acceptors (Lipinski definition) is 5. The molecule has 140 valence electrons. The van der Waals surface area contributed by atoms with Gasteiger partial charge in [-0.1, -0.05) is 12.8 Å². The average molecular weight is 362 g/mol. The minimum atomic E-state index is -3.19. The molecule has 1 saturated carbocycles. The molecule has 0 spiro atoms. The normalized spacial score (nSPS) is 28.8. The predicted octanol–water partition coefficient (Wildman–Crippen LogP) is 0.531. The van der Waals surface area contributed by atoms with E-state index in [1.165, 1.54) is 0 Å². The van der Waals surface area contributed by atoms with Crippen molar-refractivity contribution < 1.29 is 23.1 Å². The van der Waals surface area contributed by atoms with Gasteiger partial charge in [-0.2, -0.15) is 0 Å². The monoisotopic (exact) mass is 362 g/mol. The van der Waals surface area contributed by atoms with E-state index in [2.05, 4.69) is 10.0 Å². The molecular formula is C16H30N2O5S. The second-order valence-electron chi connectivity index (χ2n) is 6.74. The standard InChI is InChI=1S/C16H30N2O5S/c1-2-24(21,22)17-10-9-13-7-8-14(15(11-19)23-13)18-16(20)12-5-3-4-6-12/h12-15,17,19H,2-11H2,1H3,(H,18,20)/t13-,14-,15+/m1/s1. The summed E-state index contributed by atoms with van der Waals surface area (Å²) in [5, 5.41) is 12.6. The van der Waals surface area contributed by atoms with E-state index < -0.39 is 16.1 Å². The van der Waals surface area contributed by atoms with Crippen molar-refractivity contribution in [1.82, 2.24) is 10.0 Å². The van der Waals surface area contributed by atoms with Crippen LogP contribution in [0.25, 0.3) is 0 Å². The van der Waals surface area contributed by atoms with Gasteiger partial charge in [0, 0.05) is 12.5 Å². The van der Waals surface area contributed by atoms with E-state index in [1.54, 1.807) is 6.92 Å². The summed E-state index contributed by atoms with van der Waals surface area (Å²) >= 11 is 0. The number of hydrogen-bond donors (Lipinski definition) is 3. The Morgan fingerprint density at radius 2 is 1.92 bits per heavy atom. The molecule has 0 bridgehead atoms. The lowest BCUT2D eigenvalue weighted by Gasteiger charge is -2.36. The first-order valence-corrected chi connectivity index (χ1v) is 10.6. The third-order valence-corrected chi connectivity index (χ3v) is 6.42. The van der Waals surface area contributed by atoms with E-state index in [0.717, 1.165) is 38.5 Å². The summed E-state index contributed by atoms with van der Waals surface area (Å²) in [6, 6.07) is -0.160. The van der Waals surface area contributed by atoms with Gasteiger partial charge in [0.05, 0.1) is 24.5 Å². The van der Waals surface area contributed by atoms with Gasteiger partial charge in [-0.15, -0.1) is 0 Å². The van der Waals surface area contributed by atoms with E-state index >= 15 is 0 Å². The summed E-state index contributed by atoms with van der Waals surface area (Å²) in [6.45, 7) is 1.78. The summed E-state index contributed by atoms with van der Waals surface area (Å²) in [5.41, 5.74) is 0. The van der Waals surface area contributed by atoms with Gasteiger partial charge in [0.1, 0.15) is 6.10 Å². The van der Waals surface area contributed by atoms with Gasteiger partial charge in [-0.25, -0.2) is 13.1 Å². The first kappa shape index (κ1) is 19.6. The van der Waals surface area contributed by atoms with Gasteiger partial charge < -0.3 is 15.2 Å². The summed E-state index contributed by atoms with van der Waals surface area (Å²) in [4.78, 5) is 12.2. The van der Waals surface area contributed by atoms with Crippen molar-refractivity contribution in [3.63, 3.8) is 0 Å². The fraction of sp³-hybridized carbons (Fsp3) is 0.938. The Morgan fingerprint density at radius 3 is 2.54 bits per heavy atom. The van der Waals surface area contributed by atoms with E-state index in [1.807, 2.05) is 0 Å². The molecule has 0 aromatic carbocycles. The van der Waals surface area contributed by atoms with Gasteiger partial charge in [0.2, 0.25) is 15.9 Å². The van der Waals surface area contributed by atoms with Crippen molar-refractivity contribution in [3.05, 3.63) is 0 Å². The molecule has 8 heteroatoms. The molecule has 7 nitrogen and oxygen atoms in total. The molecule has 0 radical (unpaired) electrons. The number of aliphatic hydroxyl groups excluding tert-OH is 1. The summed E-state index contributed by atoms with van der Waals surface area (Å²) in [5.74, 6) is 0.242. The lowest BCUT2D eigenvalue weighted by atomic mass is 9.96. The topological polar surface area (TPSA) is 105 Å². The third-order valence-electron chi connectivity index (χ3n) is 5.02. The second kappa shape index (κ2) is 9.12. The lowest BCUT2D eigenvalue weighted by molar-refractivity contribution is -0.131. The average Bonchev–Trinajstić information content (AvgIpc) is 3.10. The third kappa shape index (κ3) is 5.68. The number of nitrogens with one attached hydrogen (secondary N) is 2. The van der Waals surface area contributed by atoms with Crippen LogP contribution in [-0.2, 0) is 19.6 Å². The van der Waals surface area contributed by atoms with Gasteiger partial charge in [-0.3, -0.25) is 4.79 Å². The van der Waals surface area contributed by atoms with Crippen LogP contribution in [0.4, 0.5) is 0 Å². The zero-order chi connectivity index (χ0) is 17.6. The number of rotatable bonds is 8. The number of aliphatic hydroxyl groups is 1. The Hall–Kier alpha value is -0.700. The van der Waals surface area contributed by atoms with Gasteiger partial charge >= 0.3 is 0 Å². The Kier molecular flexibility index (Phi) is 7.46. The molecule has 0 unspecified atom stereocenters. The zero-order valence-electron chi connectivity index (χ0n) is 14.4. The molecule has 1 heterocycles. The SMILES string of the molecule is CCS(=O)(=O)NCC[C@H]1CC[C@@H](NC(=O)C2CCCC2)[C@H](CO)O1. The molecule has 1 aliphatic carbocycles. The van der Waals surface area contributed by atoms with E-state index in [-0.39, 0.29) is 36.3 Å². The molecule has 2 aliphatic rings. The van der Waals surface area contributed by atoms with Gasteiger partial charge in [0.25, 0.3) is 0 Å². The van der Waals surface area contributed by atoms with Crippen LogP contribution in [0.1, 0.15) is 51.9 Å². The van der Waals surface area contributed by atoms with E-state index in [9.17, 15) is 18.3 Å². The summed E-state index contributed by atoms with van der Waals surface area (Å²) in [6.07, 6.45) is 5.66. The van der Waals surface area contributed by atoms with Crippen molar-refractivity contribution in [3.8, 4) is 0 Å². The summed E-state index contributed by atoms with van der Waals surface area (Å²) in [7, 11) is -3.19. The number of ether oxygens (including phenoxy) is 1. The molecule has 3 atom stereocenters. The lowest BCUT2D eigenvalue weighted by Crippen LogP contribution is -2.52. The number of carbonyl (C=O) groups is 1. The minimum Gasteiger partial charge on any atom is -0.394 e. The van der Waals surface area contributed by atoms with Crippen molar-refractivity contribution in [2.24, 2.45) is 5.92 Å². The Morgan fingerprint density at radius 1 is 1.21 bits per heavy atom. The minimum absolute atomic E-state index is 0.0626. The highest BCUT2D eigenvalue weighted by atomic mass is 32.2. The number of sulfonamides is 1. The van der Waals surface area contributed by atoms with E-state index in [0.29, 0.717) is 13.0 Å². The van der Waals surface area contributed by atoms with Crippen LogP contribution in [0.15, 0.2) is 0 Å². The number of carbonyl (C=O) groups excluding carboxylic acids is 1. The van der Waals surface area contributed by atoms with Crippen LogP contribution < -0.4 is 10.0 Å². The molecule has 1 amide bonds. The number of amides is 1. The second-order valence-corrected chi connectivity index (χ2v) is 8.83. The van der Waals surface area contributed by atoms with E-state index in [4.69, 9.17) is 4.74 Å². The molecule has 2 rings (SSSR count). The molecular weight excluding hydrogens is 332 g/mol. The largest absolute Gasteiger partial charge is 0.394 e. The highest BCUT2D eigenvalue weighted by molar-refractivity contribution is 7.89. The molecule has 1 saturated heterocycles. The first-order valence-electron chi connectivity index (χ1n) is 8.99. The van der Waals surface area contributed by atoms with Crippen molar-refractivity contribution >= 4 is 15.9 Å². The fourth-order valence-electron chi connectivity index (χ4n) is 3.48. The van der Waals surface area contributed by atoms with Crippen molar-refractivity contribution in [2.45, 2.75) is 70.1 Å². The van der Waals surface area contributed by atoms with Gasteiger partial charge in [0.15, 0.2) is 0 Å². The molecule has 0 aromatic heterocycles. The van der Waals surface area contributed by atoms with Crippen LogP contribution >= 0.6 is 0 Å². The smallest absolute Gasteiger partial charge is 0.223 e. The molecule has 1 aliphatic heterocycles. The van der Waals surface area contributed by atoms with Crippen molar-refractivity contribution in [1.29, 1.82) is 0 Å². The van der Waals surface area contributed by atoms with Crippen LogP contribution in [0.3, 0.4) is 0 Å². The maximum atomic E-state index is 12.2. The highest BCUT2D eigenvalue weighted by Crippen LogP contribution is 2.26. The summed E-state index contributed by atoms with van der Waals surface area (Å²) < 4.78 is 31.2. The van der Waals surface area contributed by atoms with Crippen molar-refractivity contribution in [2.75, 3.05) is 18.9 Å². The Labute approximate surface area is 144 Å². The molecule has 3 N–H and O–H groups in total.